The standard InChI is InChI=1S/C43H49F2N9O4/c44-33-26-31(47-35-15-17-37(55)50-40(35)57)14-16-36(33)52-21-23-53(24-22-52)43(18-3-1-4-19-43)41(58)48-29-10-12-30(13-11-29)49-42-46-27-34(45)39(51-42)28-7-6-8-32(25-28)54-20-5-2-9-38(54)56/h2,5-9,14,16,20,25-27,29-30,35,47H,1,3-4,10-13,15,17-19,21-24H2,(H,48,58)(H,46,49,51)(H,50,55,57). The summed E-state index contributed by atoms with van der Waals surface area (Å²) in [6.45, 7) is 2.42. The molecule has 4 fully saturated rings. The molecule has 4 aromatic rings. The van der Waals surface area contributed by atoms with E-state index in [9.17, 15) is 19.2 Å². The fraction of sp³-hybridized carbons (Fsp3) is 0.442. The van der Waals surface area contributed by atoms with Gasteiger partial charge in [-0.05, 0) is 81.3 Å². The minimum absolute atomic E-state index is 0.0286. The van der Waals surface area contributed by atoms with Crippen LogP contribution in [0, 0.1) is 11.6 Å². The number of amides is 3. The number of carbonyl (C=O) groups excluding carboxylic acids is 3. The molecule has 1 unspecified atom stereocenters. The number of halogens is 2. The number of nitrogens with zero attached hydrogens (tertiary/aromatic N) is 5. The van der Waals surface area contributed by atoms with Crippen molar-refractivity contribution in [3.63, 3.8) is 0 Å². The van der Waals surface area contributed by atoms with Gasteiger partial charge in [0, 0.05) is 73.9 Å². The van der Waals surface area contributed by atoms with Crippen LogP contribution in [0.3, 0.4) is 0 Å². The van der Waals surface area contributed by atoms with Crippen LogP contribution in [0.5, 0.6) is 0 Å². The molecule has 0 spiro atoms. The number of imide groups is 1. The summed E-state index contributed by atoms with van der Waals surface area (Å²) in [5.41, 5.74) is 1.46. The van der Waals surface area contributed by atoms with Gasteiger partial charge in [0.25, 0.3) is 5.56 Å². The Labute approximate surface area is 335 Å². The summed E-state index contributed by atoms with van der Waals surface area (Å²) in [5.74, 6) is -1.25. The van der Waals surface area contributed by atoms with E-state index in [4.69, 9.17) is 0 Å². The minimum Gasteiger partial charge on any atom is -0.374 e. The Morgan fingerprint density at radius 2 is 1.59 bits per heavy atom. The highest BCUT2D eigenvalue weighted by Crippen LogP contribution is 2.37. The number of hydrogen-bond acceptors (Lipinski definition) is 10. The van der Waals surface area contributed by atoms with Gasteiger partial charge in [-0.3, -0.25) is 34.0 Å². The predicted molar refractivity (Wildman–Crippen MR) is 217 cm³/mol. The van der Waals surface area contributed by atoms with Crippen LogP contribution in [0.15, 0.2) is 77.9 Å². The van der Waals surface area contributed by atoms with Gasteiger partial charge >= 0.3 is 0 Å². The Balaban J connectivity index is 0.855. The topological polar surface area (TPSA) is 154 Å². The van der Waals surface area contributed by atoms with Crippen LogP contribution in [0.4, 0.5) is 26.1 Å². The van der Waals surface area contributed by atoms with Crippen LogP contribution in [0.25, 0.3) is 16.9 Å². The number of aromatic nitrogens is 3. The van der Waals surface area contributed by atoms with E-state index in [1.54, 1.807) is 54.7 Å². The zero-order chi connectivity index (χ0) is 40.2. The summed E-state index contributed by atoms with van der Waals surface area (Å²) >= 11 is 0. The monoisotopic (exact) mass is 793 g/mol. The Bertz CT molecular complexity index is 2210. The molecule has 13 nitrogen and oxygen atoms in total. The van der Waals surface area contributed by atoms with E-state index in [1.807, 2.05) is 4.90 Å². The lowest BCUT2D eigenvalue weighted by Gasteiger charge is -2.49. The molecule has 2 saturated heterocycles. The van der Waals surface area contributed by atoms with Crippen molar-refractivity contribution in [3.05, 3.63) is 95.0 Å². The zero-order valence-electron chi connectivity index (χ0n) is 32.4. The summed E-state index contributed by atoms with van der Waals surface area (Å²) in [4.78, 5) is 63.4. The van der Waals surface area contributed by atoms with E-state index < -0.39 is 23.3 Å². The molecule has 58 heavy (non-hydrogen) atoms. The molecule has 4 heterocycles. The lowest BCUT2D eigenvalue weighted by molar-refractivity contribution is -0.137. The van der Waals surface area contributed by atoms with Crippen molar-refractivity contribution >= 4 is 35.0 Å². The van der Waals surface area contributed by atoms with Crippen molar-refractivity contribution in [2.24, 2.45) is 0 Å². The first-order valence-corrected chi connectivity index (χ1v) is 20.4. The summed E-state index contributed by atoms with van der Waals surface area (Å²) in [5, 5.41) is 12.2. The second-order valence-electron chi connectivity index (χ2n) is 15.9. The third-order valence-electron chi connectivity index (χ3n) is 12.2. The molecule has 8 rings (SSSR count). The van der Waals surface area contributed by atoms with Gasteiger partial charge in [0.15, 0.2) is 5.82 Å². The van der Waals surface area contributed by atoms with Gasteiger partial charge in [-0.25, -0.2) is 18.7 Å². The number of benzene rings is 2. The van der Waals surface area contributed by atoms with Crippen LogP contribution in [-0.2, 0) is 14.4 Å². The molecule has 1 atom stereocenters. The van der Waals surface area contributed by atoms with Crippen molar-refractivity contribution in [3.8, 4) is 16.9 Å². The van der Waals surface area contributed by atoms with E-state index in [2.05, 4.69) is 36.1 Å². The summed E-state index contributed by atoms with van der Waals surface area (Å²) in [6.07, 6.45) is 11.2. The second-order valence-corrected chi connectivity index (χ2v) is 15.9. The normalized spacial score (nSPS) is 22.5. The van der Waals surface area contributed by atoms with Gasteiger partial charge in [0.05, 0.1) is 11.9 Å². The fourth-order valence-corrected chi connectivity index (χ4v) is 9.05. The molecule has 2 aromatic heterocycles. The highest BCUT2D eigenvalue weighted by atomic mass is 19.1. The van der Waals surface area contributed by atoms with Crippen LogP contribution in [-0.4, -0.2) is 87.0 Å². The summed E-state index contributed by atoms with van der Waals surface area (Å²) in [6, 6.07) is 16.3. The van der Waals surface area contributed by atoms with E-state index in [-0.39, 0.29) is 47.4 Å². The predicted octanol–water partition coefficient (Wildman–Crippen LogP) is 5.15. The van der Waals surface area contributed by atoms with Gasteiger partial charge in [-0.2, -0.15) is 0 Å². The molecule has 2 aliphatic carbocycles. The molecule has 2 aliphatic heterocycles. The van der Waals surface area contributed by atoms with Crippen LogP contribution >= 0.6 is 0 Å². The first-order chi connectivity index (χ1) is 28.1. The summed E-state index contributed by atoms with van der Waals surface area (Å²) in [7, 11) is 0. The van der Waals surface area contributed by atoms with Crippen molar-refractivity contribution in [2.45, 2.75) is 94.3 Å². The number of piperazine rings is 1. The van der Waals surface area contributed by atoms with E-state index >= 15 is 8.78 Å². The number of pyridine rings is 1. The van der Waals surface area contributed by atoms with Crippen molar-refractivity contribution < 1.29 is 23.2 Å². The minimum atomic E-state index is -0.600. The highest BCUT2D eigenvalue weighted by molar-refractivity contribution is 6.01. The van der Waals surface area contributed by atoms with Gasteiger partial charge in [-0.15, -0.1) is 0 Å². The zero-order valence-corrected chi connectivity index (χ0v) is 32.4. The molecular weight excluding hydrogens is 745 g/mol. The molecular formula is C43H49F2N9O4. The first kappa shape index (κ1) is 39.1. The fourth-order valence-electron chi connectivity index (χ4n) is 9.05. The Kier molecular flexibility index (Phi) is 11.5. The molecule has 3 amide bonds. The number of piperidine rings is 1. The largest absolute Gasteiger partial charge is 0.374 e. The maximum atomic E-state index is 15.4. The third-order valence-corrected chi connectivity index (χ3v) is 12.2. The van der Waals surface area contributed by atoms with Gasteiger partial charge in [-0.1, -0.05) is 37.5 Å². The Morgan fingerprint density at radius 1 is 0.810 bits per heavy atom. The first-order valence-electron chi connectivity index (χ1n) is 20.4. The SMILES string of the molecule is O=C1CCC(Nc2ccc(N3CCN(C4(C(=O)NC5CCC(Nc6ncc(F)c(-c7cccc(-n8ccccc8=O)c7)n6)CC5)CCCCC4)CC3)c(F)c2)C(=O)N1. The maximum absolute atomic E-state index is 15.4. The quantitative estimate of drug-likeness (QED) is 0.159. The number of nitrogens with one attached hydrogen (secondary N) is 4. The number of anilines is 3. The van der Waals surface area contributed by atoms with E-state index in [0.29, 0.717) is 61.2 Å². The summed E-state index contributed by atoms with van der Waals surface area (Å²) < 4.78 is 32.0. The molecule has 4 aliphatic rings. The van der Waals surface area contributed by atoms with Crippen molar-refractivity contribution in [1.29, 1.82) is 0 Å². The lowest BCUT2D eigenvalue weighted by Crippen LogP contribution is -2.65. The Hall–Kier alpha value is -5.70. The maximum Gasteiger partial charge on any atom is 0.255 e. The molecule has 15 heteroatoms. The lowest BCUT2D eigenvalue weighted by atomic mass is 9.78. The van der Waals surface area contributed by atoms with Crippen molar-refractivity contribution in [1.82, 2.24) is 30.1 Å². The van der Waals surface area contributed by atoms with Gasteiger partial charge < -0.3 is 20.9 Å². The van der Waals surface area contributed by atoms with Crippen LogP contribution in [0.1, 0.15) is 70.6 Å². The average Bonchev–Trinajstić information content (AvgIpc) is 3.24. The van der Waals surface area contributed by atoms with Crippen molar-refractivity contribution in [2.75, 3.05) is 41.7 Å². The third kappa shape index (κ3) is 8.45. The highest BCUT2D eigenvalue weighted by Gasteiger charge is 2.46. The van der Waals surface area contributed by atoms with Crippen LogP contribution in [0.2, 0.25) is 0 Å². The number of carbonyl (C=O) groups is 3. The Morgan fingerprint density at radius 3 is 2.33 bits per heavy atom. The van der Waals surface area contributed by atoms with E-state index in [0.717, 1.165) is 64.0 Å². The molecule has 0 bridgehead atoms. The average molecular weight is 794 g/mol. The molecule has 4 N–H and O–H groups in total. The van der Waals surface area contributed by atoms with E-state index in [1.165, 1.54) is 16.7 Å². The van der Waals surface area contributed by atoms with Gasteiger partial charge in [0.2, 0.25) is 23.7 Å². The number of rotatable bonds is 10. The number of hydrogen-bond donors (Lipinski definition) is 4. The smallest absolute Gasteiger partial charge is 0.255 e. The van der Waals surface area contributed by atoms with Gasteiger partial charge in [0.1, 0.15) is 23.1 Å². The second kappa shape index (κ2) is 17.0. The van der Waals surface area contributed by atoms with Crippen LogP contribution < -0.4 is 31.7 Å². The molecule has 2 saturated carbocycles. The molecule has 0 radical (unpaired) electrons. The molecule has 2 aromatic carbocycles. The molecule has 304 valence electrons.